The van der Waals surface area contributed by atoms with Gasteiger partial charge in [0.25, 0.3) is 0 Å². The largest absolute Gasteiger partial charge is 0.325 e. The van der Waals surface area contributed by atoms with Crippen LogP contribution in [-0.2, 0) is 4.79 Å². The molecule has 0 bridgehead atoms. The van der Waals surface area contributed by atoms with E-state index in [4.69, 9.17) is 23.2 Å². The number of amides is 1. The van der Waals surface area contributed by atoms with Gasteiger partial charge in [0.1, 0.15) is 0 Å². The summed E-state index contributed by atoms with van der Waals surface area (Å²) in [6.07, 6.45) is 0.740. The molecule has 1 atom stereocenters. The van der Waals surface area contributed by atoms with Gasteiger partial charge in [-0.2, -0.15) is 0 Å². The summed E-state index contributed by atoms with van der Waals surface area (Å²) in [5.41, 5.74) is 2.76. The molecule has 0 heterocycles. The molecule has 124 valence electrons. The maximum absolute atomic E-state index is 12.0. The van der Waals surface area contributed by atoms with E-state index in [-0.39, 0.29) is 24.4 Å². The van der Waals surface area contributed by atoms with Crippen LogP contribution < -0.4 is 10.6 Å². The Kier molecular flexibility index (Phi) is 7.86. The molecule has 0 saturated carbocycles. The molecular weight excluding hydrogens is 355 g/mol. The quantitative estimate of drug-likeness (QED) is 0.772. The zero-order chi connectivity index (χ0) is 16.1. The van der Waals surface area contributed by atoms with E-state index in [0.29, 0.717) is 10.0 Å². The second kappa shape index (κ2) is 9.14. The Labute approximate surface area is 152 Å². The number of benzene rings is 2. The van der Waals surface area contributed by atoms with Gasteiger partial charge in [0.2, 0.25) is 5.91 Å². The van der Waals surface area contributed by atoms with Crippen LogP contribution in [0.5, 0.6) is 0 Å². The Morgan fingerprint density at radius 1 is 1.04 bits per heavy atom. The molecule has 2 aromatic rings. The summed E-state index contributed by atoms with van der Waals surface area (Å²) in [5.74, 6) is -0.0349. The molecule has 0 unspecified atom stereocenters. The van der Waals surface area contributed by atoms with Gasteiger partial charge in [-0.1, -0.05) is 48.3 Å². The van der Waals surface area contributed by atoms with Crippen molar-refractivity contribution in [1.82, 2.24) is 5.32 Å². The molecule has 0 saturated heterocycles. The fourth-order valence-corrected chi connectivity index (χ4v) is 2.47. The highest BCUT2D eigenvalue weighted by Crippen LogP contribution is 2.29. The number of carbonyl (C=O) groups excluding carboxylic acids is 1. The third-order valence-electron chi connectivity index (χ3n) is 3.48. The Hall–Kier alpha value is -1.26. The van der Waals surface area contributed by atoms with E-state index in [1.807, 2.05) is 43.3 Å². The molecule has 0 aromatic heterocycles. The van der Waals surface area contributed by atoms with E-state index in [9.17, 15) is 4.79 Å². The van der Waals surface area contributed by atoms with Crippen LogP contribution in [0.25, 0.3) is 11.1 Å². The van der Waals surface area contributed by atoms with Gasteiger partial charge in [-0.25, -0.2) is 0 Å². The summed E-state index contributed by atoms with van der Waals surface area (Å²) in [6.45, 7) is 1.97. The Morgan fingerprint density at radius 3 is 2.17 bits per heavy atom. The first-order valence-corrected chi connectivity index (χ1v) is 7.84. The van der Waals surface area contributed by atoms with Crippen LogP contribution in [0.1, 0.15) is 13.3 Å². The topological polar surface area (TPSA) is 41.1 Å². The van der Waals surface area contributed by atoms with Crippen LogP contribution in [0, 0.1) is 0 Å². The average molecular weight is 374 g/mol. The highest BCUT2D eigenvalue weighted by molar-refractivity contribution is 6.42. The zero-order valence-electron chi connectivity index (χ0n) is 12.9. The van der Waals surface area contributed by atoms with Crippen molar-refractivity contribution in [1.29, 1.82) is 0 Å². The van der Waals surface area contributed by atoms with E-state index < -0.39 is 0 Å². The minimum absolute atomic E-state index is 0. The zero-order valence-corrected chi connectivity index (χ0v) is 15.2. The second-order valence-corrected chi connectivity index (χ2v) is 5.76. The van der Waals surface area contributed by atoms with Crippen LogP contribution >= 0.6 is 35.6 Å². The van der Waals surface area contributed by atoms with Gasteiger partial charge < -0.3 is 10.6 Å². The lowest BCUT2D eigenvalue weighted by Gasteiger charge is -2.14. The van der Waals surface area contributed by atoms with Gasteiger partial charge in [0.05, 0.1) is 16.1 Å². The minimum Gasteiger partial charge on any atom is -0.325 e. The molecule has 2 rings (SSSR count). The smallest absolute Gasteiger partial charge is 0.241 e. The van der Waals surface area contributed by atoms with Gasteiger partial charge >= 0.3 is 0 Å². The highest BCUT2D eigenvalue weighted by Gasteiger charge is 2.13. The van der Waals surface area contributed by atoms with Crippen LogP contribution in [0.3, 0.4) is 0 Å². The maximum Gasteiger partial charge on any atom is 0.241 e. The molecule has 0 spiro atoms. The predicted molar refractivity (Wildman–Crippen MR) is 101 cm³/mol. The van der Waals surface area contributed by atoms with Crippen LogP contribution in [0.4, 0.5) is 5.69 Å². The van der Waals surface area contributed by atoms with Crippen LogP contribution in [0.15, 0.2) is 42.5 Å². The van der Waals surface area contributed by atoms with Crippen molar-refractivity contribution in [3.63, 3.8) is 0 Å². The molecule has 0 radical (unpaired) electrons. The second-order valence-electron chi connectivity index (χ2n) is 4.94. The van der Waals surface area contributed by atoms with Gasteiger partial charge in [0.15, 0.2) is 0 Å². The lowest BCUT2D eigenvalue weighted by atomic mass is 10.1. The summed E-state index contributed by atoms with van der Waals surface area (Å²) < 4.78 is 0. The first kappa shape index (κ1) is 19.8. The van der Waals surface area contributed by atoms with Crippen molar-refractivity contribution >= 4 is 47.2 Å². The summed E-state index contributed by atoms with van der Waals surface area (Å²) in [6, 6.07) is 12.9. The van der Waals surface area contributed by atoms with E-state index in [1.54, 1.807) is 13.1 Å². The molecule has 2 aromatic carbocycles. The number of rotatable bonds is 5. The monoisotopic (exact) mass is 372 g/mol. The van der Waals surface area contributed by atoms with Crippen molar-refractivity contribution < 1.29 is 4.79 Å². The van der Waals surface area contributed by atoms with Gasteiger partial charge in [0, 0.05) is 5.69 Å². The molecule has 0 aliphatic carbocycles. The predicted octanol–water partition coefficient (Wildman–Crippen LogP) is 5.02. The summed E-state index contributed by atoms with van der Waals surface area (Å²) in [4.78, 5) is 12.0. The first-order valence-electron chi connectivity index (χ1n) is 7.08. The average Bonchev–Trinajstić information content (AvgIpc) is 2.52. The minimum atomic E-state index is -0.185. The number of hydrogen-bond acceptors (Lipinski definition) is 2. The fraction of sp³-hybridized carbons (Fsp3) is 0.235. The number of halogens is 3. The van der Waals surface area contributed by atoms with Crippen LogP contribution in [0.2, 0.25) is 10.0 Å². The van der Waals surface area contributed by atoms with Crippen molar-refractivity contribution in [3.8, 4) is 11.1 Å². The Bertz CT molecular complexity index is 655. The Morgan fingerprint density at radius 2 is 1.65 bits per heavy atom. The first-order chi connectivity index (χ1) is 10.5. The molecule has 3 nitrogen and oxygen atoms in total. The van der Waals surface area contributed by atoms with E-state index in [2.05, 4.69) is 10.6 Å². The third kappa shape index (κ3) is 5.11. The normalized spacial score (nSPS) is 11.5. The number of carbonyl (C=O) groups is 1. The lowest BCUT2D eigenvalue weighted by Crippen LogP contribution is -2.37. The number of hydrogen-bond donors (Lipinski definition) is 2. The number of anilines is 1. The fourth-order valence-electron chi connectivity index (χ4n) is 2.17. The van der Waals surface area contributed by atoms with E-state index >= 15 is 0 Å². The molecule has 2 N–H and O–H groups in total. The molecule has 0 aliphatic rings. The molecule has 0 aliphatic heterocycles. The van der Waals surface area contributed by atoms with Crippen molar-refractivity contribution in [3.05, 3.63) is 52.5 Å². The van der Waals surface area contributed by atoms with Crippen molar-refractivity contribution in [2.45, 2.75) is 19.4 Å². The standard InChI is InChI=1S/C17H18Cl2N2O.ClH/c1-3-16(20-2)17(22)21-13-7-4-11(5-8-13)12-6-9-14(18)15(19)10-12;/h4-10,16,20H,3H2,1-2H3,(H,21,22);1H/t16-;/m0./s1. The van der Waals surface area contributed by atoms with E-state index in [1.165, 1.54) is 0 Å². The van der Waals surface area contributed by atoms with Gasteiger partial charge in [-0.3, -0.25) is 4.79 Å². The summed E-state index contributed by atoms with van der Waals surface area (Å²) >= 11 is 12.0. The third-order valence-corrected chi connectivity index (χ3v) is 4.22. The molecule has 23 heavy (non-hydrogen) atoms. The highest BCUT2D eigenvalue weighted by atomic mass is 35.5. The number of likely N-dealkylation sites (N-methyl/N-ethyl adjacent to an activating group) is 1. The lowest BCUT2D eigenvalue weighted by molar-refractivity contribution is -0.118. The Balaban J connectivity index is 0.00000264. The molecule has 0 fully saturated rings. The summed E-state index contributed by atoms with van der Waals surface area (Å²) in [5, 5.41) is 6.93. The van der Waals surface area contributed by atoms with Crippen molar-refractivity contribution in [2.24, 2.45) is 0 Å². The van der Waals surface area contributed by atoms with Crippen LogP contribution in [-0.4, -0.2) is 19.0 Å². The van der Waals surface area contributed by atoms with Crippen molar-refractivity contribution in [2.75, 3.05) is 12.4 Å². The SMILES string of the molecule is CC[C@H](NC)C(=O)Nc1ccc(-c2ccc(Cl)c(Cl)c2)cc1.Cl. The summed E-state index contributed by atoms with van der Waals surface area (Å²) in [7, 11) is 1.78. The van der Waals surface area contributed by atoms with E-state index in [0.717, 1.165) is 23.2 Å². The number of nitrogens with one attached hydrogen (secondary N) is 2. The van der Waals surface area contributed by atoms with Gasteiger partial charge in [-0.05, 0) is 48.9 Å². The molecule has 1 amide bonds. The van der Waals surface area contributed by atoms with Gasteiger partial charge in [-0.15, -0.1) is 12.4 Å². The molecular formula is C17H19Cl3N2O. The maximum atomic E-state index is 12.0. The molecule has 6 heteroatoms.